The Morgan fingerprint density at radius 2 is 1.50 bits per heavy atom. The Morgan fingerprint density at radius 3 is 2.18 bits per heavy atom. The van der Waals surface area contributed by atoms with Crippen molar-refractivity contribution in [1.29, 1.82) is 0 Å². The third-order valence-electron chi connectivity index (χ3n) is 4.94. The third-order valence-corrected chi connectivity index (χ3v) is 4.94. The molecule has 0 spiro atoms. The Labute approximate surface area is 163 Å². The van der Waals surface area contributed by atoms with E-state index in [0.29, 0.717) is 22.3 Å². The van der Waals surface area contributed by atoms with Crippen LogP contribution in [0.15, 0.2) is 66.7 Å². The standard InChI is InChI=1S/C24H20F2N2/c1-15-12-24(27-23-11-7-18(25)14-21(15)23)17-6-10-20(22(26)13-17)16-4-8-19(9-5-16)28(2)3/h4-14H,1-3H3. The van der Waals surface area contributed by atoms with Crippen LogP contribution in [0.4, 0.5) is 14.5 Å². The molecule has 4 heteroatoms. The molecule has 0 unspecified atom stereocenters. The van der Waals surface area contributed by atoms with Gasteiger partial charge in [-0.2, -0.15) is 0 Å². The van der Waals surface area contributed by atoms with E-state index in [9.17, 15) is 8.78 Å². The molecular formula is C24H20F2N2. The Balaban J connectivity index is 1.73. The van der Waals surface area contributed by atoms with Gasteiger partial charge in [-0.3, -0.25) is 0 Å². The van der Waals surface area contributed by atoms with Crippen LogP contribution in [0.5, 0.6) is 0 Å². The fourth-order valence-electron chi connectivity index (χ4n) is 3.36. The molecule has 1 aromatic heterocycles. The summed E-state index contributed by atoms with van der Waals surface area (Å²) in [5, 5.41) is 0.766. The van der Waals surface area contributed by atoms with Gasteiger partial charge in [0.05, 0.1) is 11.2 Å². The van der Waals surface area contributed by atoms with E-state index < -0.39 is 0 Å². The molecule has 0 aliphatic heterocycles. The number of pyridine rings is 1. The minimum absolute atomic E-state index is 0.291. The fourth-order valence-corrected chi connectivity index (χ4v) is 3.36. The number of hydrogen-bond donors (Lipinski definition) is 0. The maximum absolute atomic E-state index is 14.9. The lowest BCUT2D eigenvalue weighted by atomic mass is 10.00. The van der Waals surface area contributed by atoms with Crippen LogP contribution < -0.4 is 4.90 Å². The first-order valence-corrected chi connectivity index (χ1v) is 9.07. The number of aromatic nitrogens is 1. The zero-order valence-electron chi connectivity index (χ0n) is 16.0. The van der Waals surface area contributed by atoms with Crippen molar-refractivity contribution in [2.45, 2.75) is 6.92 Å². The third kappa shape index (κ3) is 3.33. The van der Waals surface area contributed by atoms with E-state index in [2.05, 4.69) is 4.98 Å². The Hall–Kier alpha value is -3.27. The Bertz CT molecular complexity index is 1170. The molecular weight excluding hydrogens is 354 g/mol. The summed E-state index contributed by atoms with van der Waals surface area (Å²) in [6.07, 6.45) is 0. The second-order valence-electron chi connectivity index (χ2n) is 7.12. The van der Waals surface area contributed by atoms with Crippen LogP contribution in [0.3, 0.4) is 0 Å². The number of anilines is 1. The predicted octanol–water partition coefficient (Wildman–Crippen LogP) is 6.22. The van der Waals surface area contributed by atoms with Crippen LogP contribution in [-0.2, 0) is 0 Å². The van der Waals surface area contributed by atoms with E-state index in [4.69, 9.17) is 0 Å². The molecule has 0 N–H and O–H groups in total. The summed E-state index contributed by atoms with van der Waals surface area (Å²) in [6, 6.07) is 19.3. The van der Waals surface area contributed by atoms with Crippen LogP contribution >= 0.6 is 0 Å². The van der Waals surface area contributed by atoms with Crippen LogP contribution in [0.25, 0.3) is 33.3 Å². The summed E-state index contributed by atoms with van der Waals surface area (Å²) in [5.74, 6) is -0.588. The van der Waals surface area contributed by atoms with Gasteiger partial charge < -0.3 is 4.90 Å². The maximum atomic E-state index is 14.9. The Morgan fingerprint density at radius 1 is 0.786 bits per heavy atom. The van der Waals surface area contributed by atoms with E-state index in [1.165, 1.54) is 18.2 Å². The van der Waals surface area contributed by atoms with Crippen molar-refractivity contribution in [1.82, 2.24) is 4.98 Å². The van der Waals surface area contributed by atoms with E-state index in [-0.39, 0.29) is 11.6 Å². The molecule has 1 heterocycles. The lowest BCUT2D eigenvalue weighted by molar-refractivity contribution is 0.629. The number of nitrogens with zero attached hydrogens (tertiary/aromatic N) is 2. The van der Waals surface area contributed by atoms with Gasteiger partial charge in [0, 0.05) is 36.3 Å². The quantitative estimate of drug-likeness (QED) is 0.423. The van der Waals surface area contributed by atoms with Crippen LogP contribution in [0.2, 0.25) is 0 Å². The molecule has 0 saturated heterocycles. The molecule has 0 radical (unpaired) electrons. The first-order valence-electron chi connectivity index (χ1n) is 9.07. The number of aryl methyl sites for hydroxylation is 1. The van der Waals surface area contributed by atoms with Crippen molar-refractivity contribution < 1.29 is 8.78 Å². The number of rotatable bonds is 3. The number of hydrogen-bond acceptors (Lipinski definition) is 2. The molecule has 0 bridgehead atoms. The van der Waals surface area contributed by atoms with Gasteiger partial charge in [0.25, 0.3) is 0 Å². The van der Waals surface area contributed by atoms with Gasteiger partial charge in [-0.05, 0) is 60.5 Å². The lowest BCUT2D eigenvalue weighted by Crippen LogP contribution is -2.07. The van der Waals surface area contributed by atoms with Crippen molar-refractivity contribution in [3.63, 3.8) is 0 Å². The smallest absolute Gasteiger partial charge is 0.131 e. The Kier molecular flexibility index (Phi) is 4.55. The van der Waals surface area contributed by atoms with Gasteiger partial charge in [-0.1, -0.05) is 24.3 Å². The SMILES string of the molecule is Cc1cc(-c2ccc(-c3ccc(N(C)C)cc3)c(F)c2)nc2ccc(F)cc12. The molecule has 0 atom stereocenters. The van der Waals surface area contributed by atoms with Crippen molar-refractivity contribution in [2.24, 2.45) is 0 Å². The van der Waals surface area contributed by atoms with Gasteiger partial charge in [0.2, 0.25) is 0 Å². The number of benzene rings is 3. The zero-order valence-corrected chi connectivity index (χ0v) is 16.0. The second kappa shape index (κ2) is 7.04. The van der Waals surface area contributed by atoms with E-state index in [1.54, 1.807) is 12.1 Å². The van der Waals surface area contributed by atoms with E-state index >= 15 is 0 Å². The largest absolute Gasteiger partial charge is 0.378 e. The summed E-state index contributed by atoms with van der Waals surface area (Å²) in [7, 11) is 3.94. The molecule has 0 fully saturated rings. The van der Waals surface area contributed by atoms with Crippen molar-refractivity contribution in [3.05, 3.63) is 83.9 Å². The first-order chi connectivity index (χ1) is 13.4. The van der Waals surface area contributed by atoms with Gasteiger partial charge in [-0.15, -0.1) is 0 Å². The van der Waals surface area contributed by atoms with Crippen molar-refractivity contribution in [2.75, 3.05) is 19.0 Å². The molecule has 0 aliphatic rings. The lowest BCUT2D eigenvalue weighted by Gasteiger charge is -2.13. The monoisotopic (exact) mass is 374 g/mol. The molecule has 0 saturated carbocycles. The van der Waals surface area contributed by atoms with Crippen molar-refractivity contribution in [3.8, 4) is 22.4 Å². The highest BCUT2D eigenvalue weighted by Gasteiger charge is 2.11. The van der Waals surface area contributed by atoms with E-state index in [1.807, 2.05) is 62.3 Å². The van der Waals surface area contributed by atoms with Crippen LogP contribution in [0, 0.1) is 18.6 Å². The topological polar surface area (TPSA) is 16.1 Å². The predicted molar refractivity (Wildman–Crippen MR) is 112 cm³/mol. The molecule has 2 nitrogen and oxygen atoms in total. The van der Waals surface area contributed by atoms with E-state index in [0.717, 1.165) is 22.2 Å². The van der Waals surface area contributed by atoms with Crippen LogP contribution in [-0.4, -0.2) is 19.1 Å². The highest BCUT2D eigenvalue weighted by molar-refractivity contribution is 5.85. The summed E-state index contributed by atoms with van der Waals surface area (Å²) in [4.78, 5) is 6.59. The number of halogens is 2. The summed E-state index contributed by atoms with van der Waals surface area (Å²) in [5.41, 5.74) is 5.41. The summed E-state index contributed by atoms with van der Waals surface area (Å²) in [6.45, 7) is 1.91. The average molecular weight is 374 g/mol. The van der Waals surface area contributed by atoms with Gasteiger partial charge >= 0.3 is 0 Å². The van der Waals surface area contributed by atoms with Gasteiger partial charge in [0.1, 0.15) is 11.6 Å². The molecule has 4 aromatic rings. The summed E-state index contributed by atoms with van der Waals surface area (Å²) >= 11 is 0. The van der Waals surface area contributed by atoms with Crippen LogP contribution in [0.1, 0.15) is 5.56 Å². The molecule has 3 aromatic carbocycles. The molecule has 28 heavy (non-hydrogen) atoms. The normalized spacial score (nSPS) is 11.0. The number of fused-ring (bicyclic) bond motifs is 1. The van der Waals surface area contributed by atoms with Gasteiger partial charge in [0.15, 0.2) is 0 Å². The maximum Gasteiger partial charge on any atom is 0.131 e. The van der Waals surface area contributed by atoms with Gasteiger partial charge in [-0.25, -0.2) is 13.8 Å². The fraction of sp³-hybridized carbons (Fsp3) is 0.125. The first kappa shape index (κ1) is 18.1. The molecule has 0 aliphatic carbocycles. The van der Waals surface area contributed by atoms with Crippen molar-refractivity contribution >= 4 is 16.6 Å². The second-order valence-corrected chi connectivity index (χ2v) is 7.12. The highest BCUT2D eigenvalue weighted by Crippen LogP contribution is 2.30. The molecule has 0 amide bonds. The minimum Gasteiger partial charge on any atom is -0.378 e. The zero-order chi connectivity index (χ0) is 19.8. The molecule has 4 rings (SSSR count). The highest BCUT2D eigenvalue weighted by atomic mass is 19.1. The molecule has 140 valence electrons. The summed E-state index contributed by atoms with van der Waals surface area (Å²) < 4.78 is 28.3. The average Bonchev–Trinajstić information content (AvgIpc) is 2.68. The minimum atomic E-state index is -0.297.